The Morgan fingerprint density at radius 3 is 2.79 bits per heavy atom. The molecule has 0 amide bonds. The molecule has 128 valence electrons. The first-order chi connectivity index (χ1) is 11.5. The molecule has 0 fully saturated rings. The molecule has 0 aliphatic carbocycles. The van der Waals surface area contributed by atoms with Gasteiger partial charge in [-0.05, 0) is 54.7 Å². The van der Waals surface area contributed by atoms with E-state index in [4.69, 9.17) is 10.5 Å². The van der Waals surface area contributed by atoms with E-state index in [1.165, 1.54) is 11.6 Å². The summed E-state index contributed by atoms with van der Waals surface area (Å²) in [4.78, 5) is 4.59. The van der Waals surface area contributed by atoms with Gasteiger partial charge in [0.05, 0.1) is 12.5 Å². The van der Waals surface area contributed by atoms with Crippen LogP contribution in [0.15, 0.2) is 53.0 Å². The van der Waals surface area contributed by atoms with E-state index < -0.39 is 0 Å². The lowest BCUT2D eigenvalue weighted by Crippen LogP contribution is -2.32. The molecule has 0 spiro atoms. The molecule has 4 heteroatoms. The average molecular weight is 328 g/mol. The molecule has 1 heterocycles. The first-order valence-corrected chi connectivity index (χ1v) is 8.20. The van der Waals surface area contributed by atoms with E-state index in [0.29, 0.717) is 18.5 Å². The molecule has 1 aromatic carbocycles. The third-order valence-corrected chi connectivity index (χ3v) is 4.23. The van der Waals surface area contributed by atoms with Crippen LogP contribution in [0.3, 0.4) is 0 Å². The van der Waals surface area contributed by atoms with Crippen LogP contribution in [0.2, 0.25) is 0 Å². The minimum Gasteiger partial charge on any atom is -0.496 e. The topological polar surface area (TPSA) is 47.6 Å². The number of aryl methyl sites for hydroxylation is 1. The second-order valence-corrected chi connectivity index (χ2v) is 5.83. The number of benzene rings is 1. The van der Waals surface area contributed by atoms with Crippen molar-refractivity contribution in [3.8, 4) is 5.75 Å². The number of nitrogens with two attached hydrogens (primary N) is 1. The van der Waals surface area contributed by atoms with Crippen LogP contribution in [0, 0.1) is 0 Å². The number of hydrogen-bond donors (Lipinski definition) is 1. The van der Waals surface area contributed by atoms with Gasteiger partial charge in [0.15, 0.2) is 0 Å². The highest BCUT2D eigenvalue weighted by Gasteiger charge is 2.13. The van der Waals surface area contributed by atoms with E-state index in [2.05, 4.69) is 24.6 Å². The third-order valence-electron chi connectivity index (χ3n) is 4.23. The summed E-state index contributed by atoms with van der Waals surface area (Å²) in [5.74, 6) is 0.531. The Labute approximate surface area is 142 Å². The van der Waals surface area contributed by atoms with Gasteiger partial charge in [-0.3, -0.25) is 4.99 Å². The number of nitrogens with zero attached hydrogens (tertiary/aromatic N) is 1. The minimum atomic E-state index is -0.328. The maximum Gasteiger partial charge on any atom is 0.128 e. The smallest absolute Gasteiger partial charge is 0.128 e. The van der Waals surface area contributed by atoms with Crippen LogP contribution < -0.4 is 21.0 Å². The molecule has 1 aromatic rings. The first-order valence-electron chi connectivity index (χ1n) is 8.20. The number of ether oxygens (including phenoxy) is 1. The standard InChI is InChI=1S/C20H25FN2O/c1-5-14(18(21)9-13(3)22)10-16-7-8-23-19-12-20(24-4)15(6-2)11-17(16)19/h5,9,11-12H,3,6-8,10,22H2,1-2,4H3/b14-5-,18-9+. The maximum absolute atomic E-state index is 14.3. The molecule has 24 heavy (non-hydrogen) atoms. The fourth-order valence-electron chi connectivity index (χ4n) is 2.93. The summed E-state index contributed by atoms with van der Waals surface area (Å²) in [7, 11) is 1.67. The predicted molar refractivity (Wildman–Crippen MR) is 96.9 cm³/mol. The molecule has 1 aliphatic rings. The van der Waals surface area contributed by atoms with Crippen LogP contribution >= 0.6 is 0 Å². The van der Waals surface area contributed by atoms with Gasteiger partial charge in [0.1, 0.15) is 11.6 Å². The molecule has 0 atom stereocenters. The van der Waals surface area contributed by atoms with Crippen molar-refractivity contribution in [1.82, 2.24) is 0 Å². The lowest BCUT2D eigenvalue weighted by atomic mass is 9.95. The third kappa shape index (κ3) is 3.94. The summed E-state index contributed by atoms with van der Waals surface area (Å²) in [6, 6.07) is 4.11. The molecule has 0 saturated carbocycles. The van der Waals surface area contributed by atoms with Crippen molar-refractivity contribution >= 4 is 5.57 Å². The molecular weight excluding hydrogens is 303 g/mol. The lowest BCUT2D eigenvalue weighted by Gasteiger charge is -2.15. The maximum atomic E-state index is 14.3. The van der Waals surface area contributed by atoms with E-state index in [1.807, 2.05) is 13.0 Å². The second kappa shape index (κ2) is 7.95. The van der Waals surface area contributed by atoms with Crippen molar-refractivity contribution in [3.63, 3.8) is 0 Å². The Kier molecular flexibility index (Phi) is 5.96. The van der Waals surface area contributed by atoms with Gasteiger partial charge in [-0.1, -0.05) is 25.2 Å². The van der Waals surface area contributed by atoms with Gasteiger partial charge >= 0.3 is 0 Å². The van der Waals surface area contributed by atoms with E-state index >= 15 is 0 Å². The van der Waals surface area contributed by atoms with Gasteiger partial charge in [0.2, 0.25) is 0 Å². The molecule has 0 unspecified atom stereocenters. The van der Waals surface area contributed by atoms with Gasteiger partial charge in [-0.15, -0.1) is 0 Å². The highest BCUT2D eigenvalue weighted by molar-refractivity contribution is 5.54. The summed E-state index contributed by atoms with van der Waals surface area (Å²) >= 11 is 0. The molecule has 0 bridgehead atoms. The Balaban J connectivity index is 2.53. The number of hydrogen-bond acceptors (Lipinski definition) is 3. The first kappa shape index (κ1) is 18.0. The Hall–Kier alpha value is -2.36. The lowest BCUT2D eigenvalue weighted by molar-refractivity contribution is 0.409. The van der Waals surface area contributed by atoms with Crippen molar-refractivity contribution in [2.24, 2.45) is 10.7 Å². The predicted octanol–water partition coefficient (Wildman–Crippen LogP) is 3.09. The molecule has 0 aromatic heterocycles. The SMILES string of the molecule is C=C(N)/C=C(F)\C(=C/C)CC1=c2cc(CC)c(OC)cc2=NCC1. The largest absolute Gasteiger partial charge is 0.496 e. The van der Waals surface area contributed by atoms with Crippen LogP contribution in [0.4, 0.5) is 4.39 Å². The van der Waals surface area contributed by atoms with Gasteiger partial charge < -0.3 is 10.5 Å². The highest BCUT2D eigenvalue weighted by Crippen LogP contribution is 2.24. The fraction of sp³-hybridized carbons (Fsp3) is 0.350. The van der Waals surface area contributed by atoms with Gasteiger partial charge in [0.25, 0.3) is 0 Å². The van der Waals surface area contributed by atoms with Gasteiger partial charge in [-0.2, -0.15) is 0 Å². The van der Waals surface area contributed by atoms with Crippen molar-refractivity contribution < 1.29 is 9.13 Å². The number of fused-ring (bicyclic) bond motifs is 1. The zero-order chi connectivity index (χ0) is 17.7. The Morgan fingerprint density at radius 1 is 1.46 bits per heavy atom. The molecule has 2 N–H and O–H groups in total. The highest BCUT2D eigenvalue weighted by atomic mass is 19.1. The molecule has 0 radical (unpaired) electrons. The van der Waals surface area contributed by atoms with Crippen molar-refractivity contribution in [2.75, 3.05) is 13.7 Å². The van der Waals surface area contributed by atoms with Crippen molar-refractivity contribution in [3.05, 3.63) is 64.1 Å². The fourth-order valence-corrected chi connectivity index (χ4v) is 2.93. The summed E-state index contributed by atoms with van der Waals surface area (Å²) in [6.07, 6.45) is 5.31. The average Bonchev–Trinajstić information content (AvgIpc) is 2.57. The zero-order valence-electron chi connectivity index (χ0n) is 14.7. The summed E-state index contributed by atoms with van der Waals surface area (Å²) in [6.45, 7) is 8.18. The van der Waals surface area contributed by atoms with Crippen LogP contribution in [0.25, 0.3) is 5.57 Å². The monoisotopic (exact) mass is 328 g/mol. The normalized spacial score (nSPS) is 14.9. The van der Waals surface area contributed by atoms with Crippen LogP contribution in [-0.4, -0.2) is 13.7 Å². The molecule has 0 saturated heterocycles. The zero-order valence-corrected chi connectivity index (χ0v) is 14.7. The van der Waals surface area contributed by atoms with E-state index in [0.717, 1.165) is 34.7 Å². The summed E-state index contributed by atoms with van der Waals surface area (Å²) < 4.78 is 19.8. The van der Waals surface area contributed by atoms with E-state index in [9.17, 15) is 4.39 Å². The minimum absolute atomic E-state index is 0.217. The second-order valence-electron chi connectivity index (χ2n) is 5.83. The quantitative estimate of drug-likeness (QED) is 0.816. The number of rotatable bonds is 6. The van der Waals surface area contributed by atoms with E-state index in [1.54, 1.807) is 13.2 Å². The van der Waals surface area contributed by atoms with Crippen molar-refractivity contribution in [1.29, 1.82) is 0 Å². The van der Waals surface area contributed by atoms with Crippen LogP contribution in [0.5, 0.6) is 5.75 Å². The summed E-state index contributed by atoms with van der Waals surface area (Å²) in [5.41, 5.74) is 8.66. The molecule has 2 rings (SSSR count). The van der Waals surface area contributed by atoms with Gasteiger partial charge in [0, 0.05) is 18.3 Å². The molecule has 1 aliphatic heterocycles. The Bertz CT molecular complexity index is 819. The number of halogens is 1. The number of allylic oxidation sites excluding steroid dienone is 4. The molecular formula is C20H25FN2O. The molecule has 3 nitrogen and oxygen atoms in total. The summed E-state index contributed by atoms with van der Waals surface area (Å²) in [5, 5.41) is 2.02. The van der Waals surface area contributed by atoms with Crippen LogP contribution in [0.1, 0.15) is 32.3 Å². The van der Waals surface area contributed by atoms with Crippen LogP contribution in [-0.2, 0) is 6.42 Å². The number of methoxy groups -OCH3 is 1. The Morgan fingerprint density at radius 2 is 2.21 bits per heavy atom. The van der Waals surface area contributed by atoms with Gasteiger partial charge in [-0.25, -0.2) is 4.39 Å². The van der Waals surface area contributed by atoms with E-state index in [-0.39, 0.29) is 11.5 Å². The van der Waals surface area contributed by atoms with Crippen molar-refractivity contribution in [2.45, 2.75) is 33.1 Å².